The topological polar surface area (TPSA) is 67.3 Å². The van der Waals surface area contributed by atoms with Gasteiger partial charge in [-0.1, -0.05) is 31.2 Å². The first-order valence-corrected chi connectivity index (χ1v) is 11.4. The molecule has 0 spiro atoms. The summed E-state index contributed by atoms with van der Waals surface area (Å²) in [5.74, 6) is 2.59. The van der Waals surface area contributed by atoms with Crippen molar-refractivity contribution < 1.29 is 9.53 Å². The average Bonchev–Trinajstić information content (AvgIpc) is 3.23. The monoisotopic (exact) mass is 428 g/mol. The van der Waals surface area contributed by atoms with Crippen molar-refractivity contribution in [1.29, 1.82) is 0 Å². The minimum absolute atomic E-state index is 0.0686. The molecule has 2 aliphatic rings. The van der Waals surface area contributed by atoms with Crippen LogP contribution in [-0.4, -0.2) is 29.0 Å². The predicted octanol–water partition coefficient (Wildman–Crippen LogP) is 4.92. The largest absolute Gasteiger partial charge is 0.436 e. The average molecular weight is 429 g/mol. The lowest BCUT2D eigenvalue weighted by molar-refractivity contribution is 0.0936. The molecule has 1 N–H and O–H groups in total. The van der Waals surface area contributed by atoms with Crippen molar-refractivity contribution in [3.8, 4) is 11.6 Å². The van der Waals surface area contributed by atoms with Crippen LogP contribution < -0.4 is 15.0 Å². The highest BCUT2D eigenvalue weighted by atomic mass is 16.5. The number of piperidine rings is 1. The Balaban J connectivity index is 1.25. The molecule has 5 rings (SSSR count). The molecule has 0 bridgehead atoms. The van der Waals surface area contributed by atoms with Crippen molar-refractivity contribution in [2.24, 2.45) is 5.92 Å². The Hall–Kier alpha value is -3.41. The van der Waals surface area contributed by atoms with E-state index in [4.69, 9.17) is 4.74 Å². The smallest absolute Gasteiger partial charge is 0.263 e. The first-order valence-electron chi connectivity index (χ1n) is 11.4. The van der Waals surface area contributed by atoms with E-state index in [2.05, 4.69) is 45.3 Å². The second-order valence-electron chi connectivity index (χ2n) is 8.74. The van der Waals surface area contributed by atoms with Gasteiger partial charge in [0.1, 0.15) is 5.75 Å². The van der Waals surface area contributed by atoms with Gasteiger partial charge in [-0.05, 0) is 67.0 Å². The van der Waals surface area contributed by atoms with Crippen LogP contribution in [0.1, 0.15) is 53.7 Å². The highest BCUT2D eigenvalue weighted by Crippen LogP contribution is 2.32. The number of carbonyl (C=O) groups excluding carboxylic acids is 1. The Kier molecular flexibility index (Phi) is 5.75. The third-order valence-electron chi connectivity index (χ3n) is 6.50. The zero-order chi connectivity index (χ0) is 21.9. The van der Waals surface area contributed by atoms with E-state index in [0.717, 1.165) is 50.5 Å². The quantitative estimate of drug-likeness (QED) is 0.625. The van der Waals surface area contributed by atoms with Gasteiger partial charge in [-0.3, -0.25) is 4.79 Å². The van der Waals surface area contributed by atoms with E-state index < -0.39 is 0 Å². The molecular weight excluding hydrogens is 400 g/mol. The first kappa shape index (κ1) is 20.5. The maximum Gasteiger partial charge on any atom is 0.263 e. The van der Waals surface area contributed by atoms with Crippen LogP contribution in [0.15, 0.2) is 60.9 Å². The van der Waals surface area contributed by atoms with Crippen LogP contribution in [0.3, 0.4) is 0 Å². The third kappa shape index (κ3) is 4.31. The predicted molar refractivity (Wildman–Crippen MR) is 124 cm³/mol. The van der Waals surface area contributed by atoms with Crippen LogP contribution in [0.4, 0.5) is 5.82 Å². The molecule has 1 amide bonds. The summed E-state index contributed by atoms with van der Waals surface area (Å²) in [6.45, 7) is 4.20. The van der Waals surface area contributed by atoms with E-state index in [0.29, 0.717) is 17.2 Å². The van der Waals surface area contributed by atoms with Gasteiger partial charge in [0.2, 0.25) is 0 Å². The first-order chi connectivity index (χ1) is 15.7. The fraction of sp³-hybridized carbons (Fsp3) is 0.346. The molecule has 0 saturated carbocycles. The van der Waals surface area contributed by atoms with Crippen LogP contribution in [0.2, 0.25) is 0 Å². The minimum atomic E-state index is -0.0686. The van der Waals surface area contributed by atoms with Gasteiger partial charge >= 0.3 is 0 Å². The van der Waals surface area contributed by atoms with Crippen molar-refractivity contribution in [3.05, 3.63) is 77.6 Å². The maximum atomic E-state index is 12.8. The number of ether oxygens (including phenoxy) is 1. The number of anilines is 1. The molecule has 1 aliphatic heterocycles. The van der Waals surface area contributed by atoms with Crippen LogP contribution in [0.5, 0.6) is 11.6 Å². The van der Waals surface area contributed by atoms with Crippen LogP contribution >= 0.6 is 0 Å². The SMILES string of the molecule is CC1CCN(c2nccnc2Oc2ccc(C(=O)N[C@H]3CCc4ccccc43)cc2)CC1. The van der Waals surface area contributed by atoms with E-state index in [-0.39, 0.29) is 11.9 Å². The lowest BCUT2D eigenvalue weighted by Gasteiger charge is -2.31. The second kappa shape index (κ2) is 8.99. The van der Waals surface area contributed by atoms with E-state index in [1.807, 2.05) is 18.2 Å². The molecule has 6 nitrogen and oxygen atoms in total. The number of aromatic nitrogens is 2. The van der Waals surface area contributed by atoms with Gasteiger partial charge in [0, 0.05) is 31.0 Å². The standard InChI is InChI=1S/C26H28N4O2/c1-18-12-16-30(17-13-18)24-26(28-15-14-27-24)32-21-9-6-20(7-10-21)25(31)29-23-11-8-19-4-2-3-5-22(19)23/h2-7,9-10,14-15,18,23H,8,11-13,16-17H2,1H3,(H,29,31)/t23-/m0/s1. The Morgan fingerprint density at radius 2 is 1.75 bits per heavy atom. The summed E-state index contributed by atoms with van der Waals surface area (Å²) in [7, 11) is 0. The number of amides is 1. The summed E-state index contributed by atoms with van der Waals surface area (Å²) < 4.78 is 6.06. The summed E-state index contributed by atoms with van der Waals surface area (Å²) in [5.41, 5.74) is 3.17. The molecule has 1 aromatic heterocycles. The zero-order valence-electron chi connectivity index (χ0n) is 18.3. The van der Waals surface area contributed by atoms with Crippen molar-refractivity contribution in [3.63, 3.8) is 0 Å². The Labute approximate surface area is 188 Å². The van der Waals surface area contributed by atoms with Gasteiger partial charge in [-0.2, -0.15) is 0 Å². The van der Waals surface area contributed by atoms with E-state index in [9.17, 15) is 4.79 Å². The zero-order valence-corrected chi connectivity index (χ0v) is 18.3. The second-order valence-corrected chi connectivity index (χ2v) is 8.74. The summed E-state index contributed by atoms with van der Waals surface area (Å²) in [6.07, 6.45) is 7.58. The number of fused-ring (bicyclic) bond motifs is 1. The molecular formula is C26H28N4O2. The molecule has 2 aromatic carbocycles. The number of aryl methyl sites for hydroxylation is 1. The molecule has 0 unspecified atom stereocenters. The number of rotatable bonds is 5. The van der Waals surface area contributed by atoms with E-state index >= 15 is 0 Å². The number of hydrogen-bond acceptors (Lipinski definition) is 5. The van der Waals surface area contributed by atoms with Gasteiger partial charge in [-0.15, -0.1) is 0 Å². The normalized spacial score (nSPS) is 18.3. The molecule has 32 heavy (non-hydrogen) atoms. The molecule has 1 atom stereocenters. The van der Waals surface area contributed by atoms with Crippen LogP contribution in [0, 0.1) is 5.92 Å². The molecule has 1 aliphatic carbocycles. The lowest BCUT2D eigenvalue weighted by Crippen LogP contribution is -2.33. The van der Waals surface area contributed by atoms with Gasteiger partial charge < -0.3 is 15.0 Å². The summed E-state index contributed by atoms with van der Waals surface area (Å²) in [5, 5.41) is 3.17. The lowest BCUT2D eigenvalue weighted by atomic mass is 9.99. The summed E-state index contributed by atoms with van der Waals surface area (Å²) in [4.78, 5) is 24.0. The Morgan fingerprint density at radius 3 is 2.56 bits per heavy atom. The maximum absolute atomic E-state index is 12.8. The fourth-order valence-electron chi connectivity index (χ4n) is 4.56. The number of carbonyl (C=O) groups is 1. The molecule has 3 aromatic rings. The fourth-order valence-corrected chi connectivity index (χ4v) is 4.56. The highest BCUT2D eigenvalue weighted by Gasteiger charge is 2.24. The highest BCUT2D eigenvalue weighted by molar-refractivity contribution is 5.94. The molecule has 0 radical (unpaired) electrons. The van der Waals surface area contributed by atoms with Crippen LogP contribution in [-0.2, 0) is 6.42 Å². The van der Waals surface area contributed by atoms with Crippen molar-refractivity contribution in [2.45, 2.75) is 38.6 Å². The van der Waals surface area contributed by atoms with Crippen molar-refractivity contribution in [1.82, 2.24) is 15.3 Å². The third-order valence-corrected chi connectivity index (χ3v) is 6.50. The number of nitrogens with one attached hydrogen (secondary N) is 1. The van der Waals surface area contributed by atoms with Gasteiger partial charge in [0.25, 0.3) is 11.8 Å². The van der Waals surface area contributed by atoms with E-state index in [1.165, 1.54) is 11.1 Å². The molecule has 6 heteroatoms. The van der Waals surface area contributed by atoms with Gasteiger partial charge in [0.15, 0.2) is 5.82 Å². The summed E-state index contributed by atoms with van der Waals surface area (Å²) >= 11 is 0. The number of hydrogen-bond donors (Lipinski definition) is 1. The van der Waals surface area contributed by atoms with Gasteiger partial charge in [0.05, 0.1) is 6.04 Å². The number of benzene rings is 2. The summed E-state index contributed by atoms with van der Waals surface area (Å²) in [6, 6.07) is 15.6. The van der Waals surface area contributed by atoms with Crippen LogP contribution in [0.25, 0.3) is 0 Å². The molecule has 1 saturated heterocycles. The van der Waals surface area contributed by atoms with Gasteiger partial charge in [-0.25, -0.2) is 9.97 Å². The minimum Gasteiger partial charge on any atom is -0.436 e. The Morgan fingerprint density at radius 1 is 1.00 bits per heavy atom. The number of nitrogens with zero attached hydrogens (tertiary/aromatic N) is 3. The van der Waals surface area contributed by atoms with Crippen molar-refractivity contribution >= 4 is 11.7 Å². The van der Waals surface area contributed by atoms with E-state index in [1.54, 1.807) is 24.5 Å². The molecule has 2 heterocycles. The molecule has 1 fully saturated rings. The van der Waals surface area contributed by atoms with Crippen molar-refractivity contribution in [2.75, 3.05) is 18.0 Å². The Bertz CT molecular complexity index is 1090. The molecule has 164 valence electrons.